The van der Waals surface area contributed by atoms with Crippen LogP contribution in [-0.2, 0) is 0 Å². The van der Waals surface area contributed by atoms with Crippen molar-refractivity contribution in [3.8, 4) is 5.75 Å². The lowest BCUT2D eigenvalue weighted by atomic mass is 10.2. The zero-order valence-corrected chi connectivity index (χ0v) is 9.81. The Balaban J connectivity index is 0.000000165. The van der Waals surface area contributed by atoms with Gasteiger partial charge in [-0.05, 0) is 38.9 Å². The van der Waals surface area contributed by atoms with Crippen LogP contribution in [0.5, 0.6) is 5.75 Å². The second-order valence-corrected chi connectivity index (χ2v) is 3.83. The molecule has 0 heterocycles. The van der Waals surface area contributed by atoms with E-state index in [0.29, 0.717) is 5.75 Å². The van der Waals surface area contributed by atoms with E-state index in [0.717, 1.165) is 11.6 Å². The summed E-state index contributed by atoms with van der Waals surface area (Å²) in [4.78, 5) is 3.97. The molecule has 0 amide bonds. The van der Waals surface area contributed by atoms with Crippen LogP contribution in [0.3, 0.4) is 0 Å². The monoisotopic (exact) mass is 221 g/mol. The average molecular weight is 221 g/mol. The highest BCUT2D eigenvalue weighted by molar-refractivity contribution is 5.25. The molecule has 0 spiro atoms. The van der Waals surface area contributed by atoms with E-state index in [-0.39, 0.29) is 0 Å². The number of rotatable bonds is 2. The van der Waals surface area contributed by atoms with Crippen molar-refractivity contribution < 1.29 is 10.1 Å². The minimum atomic E-state index is 0.473. The Bertz CT molecular complexity index is 311. The third-order valence-electron chi connectivity index (χ3n) is 2.54. The molecule has 1 aromatic rings. The van der Waals surface area contributed by atoms with Crippen LogP contribution < -0.4 is 10.2 Å². The van der Waals surface area contributed by atoms with Gasteiger partial charge < -0.3 is 10.2 Å². The van der Waals surface area contributed by atoms with E-state index < -0.39 is 0 Å². The smallest absolute Gasteiger partial charge is 0.165 e. The van der Waals surface area contributed by atoms with Gasteiger partial charge in [-0.3, -0.25) is 0 Å². The Labute approximate surface area is 96.7 Å². The van der Waals surface area contributed by atoms with Crippen molar-refractivity contribution >= 4 is 0 Å². The van der Waals surface area contributed by atoms with E-state index in [9.17, 15) is 0 Å². The number of benzene rings is 1. The topological polar surface area (TPSA) is 41.5 Å². The Hall–Kier alpha value is -1.32. The number of nitrogens with one attached hydrogen (secondary N) is 1. The van der Waals surface area contributed by atoms with Crippen molar-refractivity contribution in [2.24, 2.45) is 0 Å². The summed E-state index contributed by atoms with van der Waals surface area (Å²) in [5.74, 6) is 0.473. The average Bonchev–Trinajstić information content (AvgIpc) is 2.84. The van der Waals surface area contributed by atoms with Crippen LogP contribution in [0.1, 0.15) is 18.4 Å². The minimum Gasteiger partial charge on any atom is -0.340 e. The molecule has 16 heavy (non-hydrogen) atoms. The standard InChI is InChI=1S/C7H8O2.C6H11N/c1-6-2-4-7(9-8)5-3-6;1-7-6-4-2-3-5-6/h2-5,8H,1H3;2-3,6-7H,4-5H2,1H3. The molecule has 0 bridgehead atoms. The molecule has 0 aliphatic heterocycles. The molecule has 2 rings (SSSR count). The van der Waals surface area contributed by atoms with Crippen LogP contribution >= 0.6 is 0 Å². The molecule has 0 unspecified atom stereocenters. The van der Waals surface area contributed by atoms with Crippen LogP contribution in [0, 0.1) is 6.92 Å². The molecule has 0 fully saturated rings. The summed E-state index contributed by atoms with van der Waals surface area (Å²) in [5.41, 5.74) is 1.15. The molecule has 3 nitrogen and oxygen atoms in total. The van der Waals surface area contributed by atoms with E-state index in [4.69, 9.17) is 5.26 Å². The van der Waals surface area contributed by atoms with Gasteiger partial charge in [0.2, 0.25) is 0 Å². The maximum atomic E-state index is 8.13. The Morgan fingerprint density at radius 3 is 2.12 bits per heavy atom. The molecule has 0 atom stereocenters. The molecular formula is C13H19NO2. The predicted octanol–water partition coefficient (Wildman–Crippen LogP) is 2.77. The first-order valence-electron chi connectivity index (χ1n) is 5.46. The van der Waals surface area contributed by atoms with Crippen LogP contribution in [0.2, 0.25) is 0 Å². The SMILES string of the molecule is CNC1CC=CC1.Cc1ccc(OO)cc1. The lowest BCUT2D eigenvalue weighted by Gasteiger charge is -2.03. The Morgan fingerprint density at radius 2 is 1.75 bits per heavy atom. The van der Waals surface area contributed by atoms with Crippen molar-refractivity contribution in [3.63, 3.8) is 0 Å². The van der Waals surface area contributed by atoms with Gasteiger partial charge >= 0.3 is 0 Å². The van der Waals surface area contributed by atoms with Gasteiger partial charge in [-0.15, -0.1) is 0 Å². The molecule has 0 radical (unpaired) electrons. The predicted molar refractivity (Wildman–Crippen MR) is 65.7 cm³/mol. The molecule has 0 aromatic heterocycles. The fourth-order valence-electron chi connectivity index (χ4n) is 1.45. The highest BCUT2D eigenvalue weighted by atomic mass is 17.1. The second kappa shape index (κ2) is 7.04. The van der Waals surface area contributed by atoms with Gasteiger partial charge in [0, 0.05) is 6.04 Å². The van der Waals surface area contributed by atoms with E-state index in [1.165, 1.54) is 12.8 Å². The first-order chi connectivity index (χ1) is 7.76. The molecule has 0 saturated heterocycles. The molecule has 0 saturated carbocycles. The molecule has 1 aromatic carbocycles. The van der Waals surface area contributed by atoms with E-state index >= 15 is 0 Å². The van der Waals surface area contributed by atoms with Gasteiger partial charge in [-0.2, -0.15) is 0 Å². The lowest BCUT2D eigenvalue weighted by molar-refractivity contribution is -0.137. The first kappa shape index (κ1) is 12.7. The summed E-state index contributed by atoms with van der Waals surface area (Å²) in [6, 6.07) is 7.88. The van der Waals surface area contributed by atoms with Crippen molar-refractivity contribution in [1.82, 2.24) is 5.32 Å². The number of hydrogen-bond donors (Lipinski definition) is 2. The first-order valence-corrected chi connectivity index (χ1v) is 5.46. The van der Waals surface area contributed by atoms with Gasteiger partial charge in [-0.1, -0.05) is 29.8 Å². The Kier molecular flexibility index (Phi) is 5.61. The quantitative estimate of drug-likeness (QED) is 0.458. The van der Waals surface area contributed by atoms with Crippen molar-refractivity contribution in [1.29, 1.82) is 0 Å². The molecule has 1 aliphatic carbocycles. The molecule has 1 aliphatic rings. The summed E-state index contributed by atoms with van der Waals surface area (Å²) < 4.78 is 0. The summed E-state index contributed by atoms with van der Waals surface area (Å²) in [6.07, 6.45) is 6.88. The maximum absolute atomic E-state index is 8.13. The van der Waals surface area contributed by atoms with Crippen LogP contribution in [0.4, 0.5) is 0 Å². The zero-order valence-electron chi connectivity index (χ0n) is 9.81. The van der Waals surface area contributed by atoms with Crippen molar-refractivity contribution in [2.75, 3.05) is 7.05 Å². The second-order valence-electron chi connectivity index (χ2n) is 3.83. The third-order valence-corrected chi connectivity index (χ3v) is 2.54. The summed E-state index contributed by atoms with van der Waals surface area (Å²) >= 11 is 0. The largest absolute Gasteiger partial charge is 0.340 e. The maximum Gasteiger partial charge on any atom is 0.165 e. The van der Waals surface area contributed by atoms with Gasteiger partial charge in [-0.25, -0.2) is 5.26 Å². The fourth-order valence-corrected chi connectivity index (χ4v) is 1.45. The normalized spacial score (nSPS) is 14.4. The van der Waals surface area contributed by atoms with Crippen LogP contribution in [0.25, 0.3) is 0 Å². The molecular weight excluding hydrogens is 202 g/mol. The molecule has 2 N–H and O–H groups in total. The molecule has 3 heteroatoms. The summed E-state index contributed by atoms with van der Waals surface area (Å²) in [7, 11) is 2.01. The minimum absolute atomic E-state index is 0.473. The zero-order chi connectivity index (χ0) is 11.8. The van der Waals surface area contributed by atoms with Gasteiger partial charge in [0.1, 0.15) is 0 Å². The van der Waals surface area contributed by atoms with Crippen LogP contribution in [-0.4, -0.2) is 18.3 Å². The van der Waals surface area contributed by atoms with E-state index in [1.54, 1.807) is 12.1 Å². The summed E-state index contributed by atoms with van der Waals surface area (Å²) in [6.45, 7) is 1.97. The fraction of sp³-hybridized carbons (Fsp3) is 0.385. The van der Waals surface area contributed by atoms with Crippen molar-refractivity contribution in [3.05, 3.63) is 42.0 Å². The third kappa shape index (κ3) is 4.47. The highest BCUT2D eigenvalue weighted by Crippen LogP contribution is 2.09. The van der Waals surface area contributed by atoms with Gasteiger partial charge in [0.25, 0.3) is 0 Å². The van der Waals surface area contributed by atoms with Gasteiger partial charge in [0.05, 0.1) is 0 Å². The van der Waals surface area contributed by atoms with Gasteiger partial charge in [0.15, 0.2) is 5.75 Å². The van der Waals surface area contributed by atoms with Crippen LogP contribution in [0.15, 0.2) is 36.4 Å². The lowest BCUT2D eigenvalue weighted by Crippen LogP contribution is -2.20. The number of aryl methyl sites for hydroxylation is 1. The van der Waals surface area contributed by atoms with Crippen molar-refractivity contribution in [2.45, 2.75) is 25.8 Å². The van der Waals surface area contributed by atoms with E-state index in [2.05, 4.69) is 22.4 Å². The van der Waals surface area contributed by atoms with E-state index in [1.807, 2.05) is 26.1 Å². The summed E-state index contributed by atoms with van der Waals surface area (Å²) in [5, 5.41) is 11.3. The molecule has 88 valence electrons. The number of hydrogen-bond acceptors (Lipinski definition) is 3. The highest BCUT2D eigenvalue weighted by Gasteiger charge is 2.04. The Morgan fingerprint density at radius 1 is 1.19 bits per heavy atom.